The van der Waals surface area contributed by atoms with E-state index in [9.17, 15) is 23.7 Å². The summed E-state index contributed by atoms with van der Waals surface area (Å²) in [4.78, 5) is 22.5. The normalized spacial score (nSPS) is 19.2. The average Bonchev–Trinajstić information content (AvgIpc) is 2.71. The molecule has 1 aliphatic heterocycles. The molecule has 0 saturated carbocycles. The zero-order chi connectivity index (χ0) is 14.0. The SMILES string of the molecule is O=C1CNC(c2ccc([N+](=O)[O-])cc2)N1CC(F)F. The molecule has 1 atom stereocenters. The molecule has 1 heterocycles. The molecule has 0 spiro atoms. The number of nitrogens with zero attached hydrogens (tertiary/aromatic N) is 2. The van der Waals surface area contributed by atoms with Crippen LogP contribution in [0, 0.1) is 10.1 Å². The van der Waals surface area contributed by atoms with E-state index in [1.54, 1.807) is 0 Å². The summed E-state index contributed by atoms with van der Waals surface area (Å²) in [6.07, 6.45) is -3.29. The number of nitrogens with one attached hydrogen (secondary N) is 1. The summed E-state index contributed by atoms with van der Waals surface area (Å²) in [6.45, 7) is -0.679. The van der Waals surface area contributed by atoms with E-state index in [2.05, 4.69) is 5.32 Å². The van der Waals surface area contributed by atoms with Crippen LogP contribution in [0.2, 0.25) is 0 Å². The van der Waals surface area contributed by atoms with Crippen molar-refractivity contribution in [2.75, 3.05) is 13.1 Å². The standard InChI is InChI=1S/C11H11F2N3O3/c12-9(13)6-15-10(17)5-14-11(15)7-1-3-8(4-2-7)16(18)19/h1-4,9,11,14H,5-6H2. The zero-order valence-corrected chi connectivity index (χ0v) is 9.75. The van der Waals surface area contributed by atoms with Gasteiger partial charge in [0.1, 0.15) is 6.17 Å². The molecule has 102 valence electrons. The molecule has 1 aromatic rings. The number of carbonyl (C=O) groups is 1. The first-order valence-electron chi connectivity index (χ1n) is 5.54. The van der Waals surface area contributed by atoms with E-state index >= 15 is 0 Å². The second kappa shape index (κ2) is 5.27. The first-order valence-corrected chi connectivity index (χ1v) is 5.54. The van der Waals surface area contributed by atoms with Gasteiger partial charge >= 0.3 is 0 Å². The first-order chi connectivity index (χ1) is 8.99. The Morgan fingerprint density at radius 1 is 1.42 bits per heavy atom. The minimum absolute atomic E-state index is 0.0195. The quantitative estimate of drug-likeness (QED) is 0.661. The maximum atomic E-state index is 12.4. The van der Waals surface area contributed by atoms with Gasteiger partial charge in [-0.1, -0.05) is 0 Å². The Hall–Kier alpha value is -2.09. The van der Waals surface area contributed by atoms with Gasteiger partial charge in [-0.2, -0.15) is 0 Å². The van der Waals surface area contributed by atoms with E-state index in [0.717, 1.165) is 4.90 Å². The lowest BCUT2D eigenvalue weighted by Crippen LogP contribution is -2.34. The number of non-ortho nitro benzene ring substituents is 1. The largest absolute Gasteiger partial charge is 0.316 e. The fraction of sp³-hybridized carbons (Fsp3) is 0.364. The molecule has 0 radical (unpaired) electrons. The topological polar surface area (TPSA) is 75.5 Å². The highest BCUT2D eigenvalue weighted by atomic mass is 19.3. The minimum Gasteiger partial charge on any atom is -0.316 e. The van der Waals surface area contributed by atoms with Crippen LogP contribution in [-0.4, -0.2) is 35.2 Å². The molecule has 1 fully saturated rings. The molecule has 8 heteroatoms. The molecule has 6 nitrogen and oxygen atoms in total. The number of benzene rings is 1. The van der Waals surface area contributed by atoms with E-state index in [4.69, 9.17) is 0 Å². The first kappa shape index (κ1) is 13.3. The van der Waals surface area contributed by atoms with Crippen molar-refractivity contribution in [3.63, 3.8) is 0 Å². The highest BCUT2D eigenvalue weighted by Gasteiger charge is 2.33. The molecule has 1 saturated heterocycles. The molecule has 0 aliphatic carbocycles. The number of nitro groups is 1. The van der Waals surface area contributed by atoms with E-state index in [1.165, 1.54) is 24.3 Å². The molecule has 1 aromatic carbocycles. The molecule has 2 rings (SSSR count). The molecule has 1 amide bonds. The summed E-state index contributed by atoms with van der Waals surface area (Å²) < 4.78 is 24.8. The van der Waals surface area contributed by atoms with E-state index < -0.39 is 30.0 Å². The van der Waals surface area contributed by atoms with Crippen LogP contribution < -0.4 is 5.32 Å². The minimum atomic E-state index is -2.62. The van der Waals surface area contributed by atoms with Crippen LogP contribution in [0.25, 0.3) is 0 Å². The smallest absolute Gasteiger partial charge is 0.269 e. The van der Waals surface area contributed by atoms with E-state index in [0.29, 0.717) is 5.56 Å². The molecule has 19 heavy (non-hydrogen) atoms. The summed E-state index contributed by atoms with van der Waals surface area (Å²) in [5.74, 6) is -0.413. The van der Waals surface area contributed by atoms with Crippen molar-refractivity contribution in [3.8, 4) is 0 Å². The Labute approximate surface area is 107 Å². The van der Waals surface area contributed by atoms with Crippen molar-refractivity contribution in [2.45, 2.75) is 12.6 Å². The highest BCUT2D eigenvalue weighted by Crippen LogP contribution is 2.25. The molecule has 0 aromatic heterocycles. The van der Waals surface area contributed by atoms with Crippen molar-refractivity contribution in [3.05, 3.63) is 39.9 Å². The van der Waals surface area contributed by atoms with Gasteiger partial charge in [0.2, 0.25) is 5.91 Å². The van der Waals surface area contributed by atoms with Crippen LogP contribution in [0.4, 0.5) is 14.5 Å². The summed E-state index contributed by atoms with van der Waals surface area (Å²) in [5.41, 5.74) is 0.450. The monoisotopic (exact) mass is 271 g/mol. The number of hydrogen-bond acceptors (Lipinski definition) is 4. The van der Waals surface area contributed by atoms with Crippen LogP contribution >= 0.6 is 0 Å². The van der Waals surface area contributed by atoms with Gasteiger partial charge in [0.15, 0.2) is 0 Å². The number of carbonyl (C=O) groups excluding carboxylic acids is 1. The lowest BCUT2D eigenvalue weighted by molar-refractivity contribution is -0.384. The van der Waals surface area contributed by atoms with Crippen LogP contribution in [-0.2, 0) is 4.79 Å². The summed E-state index contributed by atoms with van der Waals surface area (Å²) >= 11 is 0. The number of hydrogen-bond donors (Lipinski definition) is 1. The Kier molecular flexibility index (Phi) is 3.70. The van der Waals surface area contributed by atoms with Gasteiger partial charge < -0.3 is 4.90 Å². The lowest BCUT2D eigenvalue weighted by Gasteiger charge is -2.24. The van der Waals surface area contributed by atoms with Crippen LogP contribution in [0.15, 0.2) is 24.3 Å². The van der Waals surface area contributed by atoms with Crippen molar-refractivity contribution < 1.29 is 18.5 Å². The molecular formula is C11H11F2N3O3. The molecule has 1 unspecified atom stereocenters. The fourth-order valence-electron chi connectivity index (χ4n) is 1.97. The Morgan fingerprint density at radius 3 is 2.58 bits per heavy atom. The van der Waals surface area contributed by atoms with Crippen molar-refractivity contribution in [1.29, 1.82) is 0 Å². The highest BCUT2D eigenvalue weighted by molar-refractivity contribution is 5.81. The summed E-state index contributed by atoms with van der Waals surface area (Å²) in [6, 6.07) is 5.46. The second-order valence-corrected chi connectivity index (χ2v) is 4.07. The fourth-order valence-corrected chi connectivity index (χ4v) is 1.97. The van der Waals surface area contributed by atoms with Gasteiger partial charge in [-0.05, 0) is 17.7 Å². The van der Waals surface area contributed by atoms with Gasteiger partial charge in [-0.15, -0.1) is 0 Å². The van der Waals surface area contributed by atoms with Gasteiger partial charge in [0.05, 0.1) is 18.0 Å². The molecular weight excluding hydrogens is 260 g/mol. The zero-order valence-electron chi connectivity index (χ0n) is 9.75. The third-order valence-electron chi connectivity index (χ3n) is 2.83. The average molecular weight is 271 g/mol. The van der Waals surface area contributed by atoms with Crippen LogP contribution in [0.1, 0.15) is 11.7 Å². The maximum absolute atomic E-state index is 12.4. The van der Waals surface area contributed by atoms with Crippen molar-refractivity contribution in [1.82, 2.24) is 10.2 Å². The van der Waals surface area contributed by atoms with E-state index in [1.807, 2.05) is 0 Å². The predicted octanol–water partition coefficient (Wildman–Crippen LogP) is 1.29. The summed E-state index contributed by atoms with van der Waals surface area (Å²) in [7, 11) is 0. The number of halogens is 2. The van der Waals surface area contributed by atoms with Gasteiger partial charge in [-0.25, -0.2) is 8.78 Å². The van der Waals surface area contributed by atoms with Crippen LogP contribution in [0.5, 0.6) is 0 Å². The third kappa shape index (κ3) is 2.84. The Balaban J connectivity index is 2.20. The van der Waals surface area contributed by atoms with E-state index in [-0.39, 0.29) is 12.2 Å². The number of rotatable bonds is 4. The third-order valence-corrected chi connectivity index (χ3v) is 2.83. The number of alkyl halides is 2. The summed E-state index contributed by atoms with van der Waals surface area (Å²) in [5, 5.41) is 13.3. The van der Waals surface area contributed by atoms with Crippen LogP contribution in [0.3, 0.4) is 0 Å². The molecule has 1 aliphatic rings. The van der Waals surface area contributed by atoms with Gasteiger partial charge in [-0.3, -0.25) is 20.2 Å². The number of nitro benzene ring substituents is 1. The maximum Gasteiger partial charge on any atom is 0.269 e. The van der Waals surface area contributed by atoms with Crippen molar-refractivity contribution >= 4 is 11.6 Å². The van der Waals surface area contributed by atoms with Crippen molar-refractivity contribution in [2.24, 2.45) is 0 Å². The Morgan fingerprint density at radius 2 is 2.05 bits per heavy atom. The second-order valence-electron chi connectivity index (χ2n) is 4.07. The lowest BCUT2D eigenvalue weighted by atomic mass is 10.1. The Bertz CT molecular complexity index is 492. The number of amides is 1. The molecule has 0 bridgehead atoms. The van der Waals surface area contributed by atoms with Gasteiger partial charge in [0, 0.05) is 12.1 Å². The van der Waals surface area contributed by atoms with Gasteiger partial charge in [0.25, 0.3) is 12.1 Å². The predicted molar refractivity (Wildman–Crippen MR) is 61.6 cm³/mol. The molecule has 1 N–H and O–H groups in total.